The van der Waals surface area contributed by atoms with Crippen LogP contribution in [0, 0.1) is 0 Å². The fourth-order valence-corrected chi connectivity index (χ4v) is 2.98. The molecule has 0 aromatic carbocycles. The van der Waals surface area contributed by atoms with Crippen LogP contribution in [0.4, 0.5) is 0 Å². The van der Waals surface area contributed by atoms with Crippen LogP contribution in [-0.4, -0.2) is 23.9 Å². The molecule has 16 heavy (non-hydrogen) atoms. The van der Waals surface area contributed by atoms with Crippen LogP contribution >= 0.6 is 11.3 Å². The topological polar surface area (TPSA) is 46.3 Å². The van der Waals surface area contributed by atoms with E-state index in [4.69, 9.17) is 5.73 Å². The number of carbonyl (C=O) groups is 1. The number of rotatable bonds is 4. The molecule has 1 atom stereocenters. The summed E-state index contributed by atoms with van der Waals surface area (Å²) >= 11 is 1.70. The lowest BCUT2D eigenvalue weighted by atomic mass is 10.1. The van der Waals surface area contributed by atoms with Crippen molar-refractivity contribution in [1.29, 1.82) is 0 Å². The Hall–Kier alpha value is -0.870. The molecule has 1 aliphatic rings. The molecule has 0 bridgehead atoms. The summed E-state index contributed by atoms with van der Waals surface area (Å²) in [6.45, 7) is 1.51. The van der Waals surface area contributed by atoms with E-state index in [2.05, 4.69) is 16.8 Å². The van der Waals surface area contributed by atoms with E-state index in [1.807, 2.05) is 4.90 Å². The summed E-state index contributed by atoms with van der Waals surface area (Å²) in [6, 6.07) is 2.45. The highest BCUT2D eigenvalue weighted by Gasteiger charge is 2.29. The first kappa shape index (κ1) is 11.6. The van der Waals surface area contributed by atoms with Gasteiger partial charge in [0.15, 0.2) is 0 Å². The molecule has 4 heteroatoms. The Morgan fingerprint density at radius 1 is 1.62 bits per heavy atom. The summed E-state index contributed by atoms with van der Waals surface area (Å²) in [5.41, 5.74) is 6.73. The van der Waals surface area contributed by atoms with Gasteiger partial charge in [0.1, 0.15) is 0 Å². The van der Waals surface area contributed by atoms with Crippen LogP contribution in [0.3, 0.4) is 0 Å². The highest BCUT2D eigenvalue weighted by atomic mass is 32.1. The lowest BCUT2D eigenvalue weighted by Gasteiger charge is -2.24. The van der Waals surface area contributed by atoms with Gasteiger partial charge in [-0.15, -0.1) is 0 Å². The first-order chi connectivity index (χ1) is 7.83. The predicted molar refractivity (Wildman–Crippen MR) is 66.3 cm³/mol. The molecule has 1 aliphatic heterocycles. The minimum absolute atomic E-state index is 0.263. The minimum atomic E-state index is 0.263. The third kappa shape index (κ3) is 2.44. The highest BCUT2D eigenvalue weighted by molar-refractivity contribution is 7.07. The maximum absolute atomic E-state index is 12.0. The first-order valence-electron chi connectivity index (χ1n) is 5.84. The third-order valence-corrected chi connectivity index (χ3v) is 3.80. The van der Waals surface area contributed by atoms with Crippen molar-refractivity contribution < 1.29 is 4.79 Å². The molecule has 0 aliphatic carbocycles. The normalized spacial score (nSPS) is 20.3. The third-order valence-electron chi connectivity index (χ3n) is 3.10. The molecule has 1 unspecified atom stereocenters. The van der Waals surface area contributed by atoms with Crippen LogP contribution in [0.15, 0.2) is 16.8 Å². The Bertz CT molecular complexity index is 337. The first-order valence-corrected chi connectivity index (χ1v) is 6.79. The smallest absolute Gasteiger partial charge is 0.223 e. The molecule has 88 valence electrons. The summed E-state index contributed by atoms with van der Waals surface area (Å²) in [6.07, 6.45) is 3.61. The van der Waals surface area contributed by atoms with E-state index in [0.29, 0.717) is 19.0 Å². The van der Waals surface area contributed by atoms with Crippen molar-refractivity contribution in [1.82, 2.24) is 4.90 Å². The molecule has 1 fully saturated rings. The second-order valence-electron chi connectivity index (χ2n) is 4.19. The van der Waals surface area contributed by atoms with E-state index >= 15 is 0 Å². The van der Waals surface area contributed by atoms with Gasteiger partial charge in [-0.3, -0.25) is 4.79 Å². The Balaban J connectivity index is 2.01. The van der Waals surface area contributed by atoms with E-state index in [1.54, 1.807) is 11.3 Å². The Labute approximate surface area is 100 Å². The molecule has 2 N–H and O–H groups in total. The highest BCUT2D eigenvalue weighted by Crippen LogP contribution is 2.33. The van der Waals surface area contributed by atoms with Gasteiger partial charge >= 0.3 is 0 Å². The van der Waals surface area contributed by atoms with Gasteiger partial charge in [0.05, 0.1) is 6.04 Å². The van der Waals surface area contributed by atoms with Crippen LogP contribution in [0.1, 0.15) is 37.3 Å². The van der Waals surface area contributed by atoms with E-state index in [9.17, 15) is 4.79 Å². The Morgan fingerprint density at radius 3 is 3.19 bits per heavy atom. The minimum Gasteiger partial charge on any atom is -0.336 e. The van der Waals surface area contributed by atoms with Gasteiger partial charge in [0.25, 0.3) is 0 Å². The Kier molecular flexibility index (Phi) is 3.96. The van der Waals surface area contributed by atoms with Gasteiger partial charge in [-0.1, -0.05) is 0 Å². The zero-order valence-electron chi connectivity index (χ0n) is 9.39. The number of thiophene rings is 1. The van der Waals surface area contributed by atoms with Gasteiger partial charge in [0.2, 0.25) is 5.91 Å². The second kappa shape index (κ2) is 5.46. The molecule has 0 saturated carbocycles. The van der Waals surface area contributed by atoms with Crippen molar-refractivity contribution in [2.24, 2.45) is 5.73 Å². The van der Waals surface area contributed by atoms with Crippen LogP contribution < -0.4 is 5.73 Å². The Morgan fingerprint density at radius 2 is 2.50 bits per heavy atom. The molecule has 1 aromatic heterocycles. The number of hydrogen-bond donors (Lipinski definition) is 1. The summed E-state index contributed by atoms with van der Waals surface area (Å²) in [4.78, 5) is 14.0. The van der Waals surface area contributed by atoms with E-state index in [-0.39, 0.29) is 5.91 Å². The molecular weight excluding hydrogens is 220 g/mol. The van der Waals surface area contributed by atoms with E-state index in [1.165, 1.54) is 5.56 Å². The van der Waals surface area contributed by atoms with Crippen LogP contribution in [0.25, 0.3) is 0 Å². The zero-order valence-corrected chi connectivity index (χ0v) is 10.2. The molecule has 1 amide bonds. The molecule has 1 aromatic rings. The average Bonchev–Trinajstić information content (AvgIpc) is 2.94. The van der Waals surface area contributed by atoms with Crippen molar-refractivity contribution >= 4 is 17.2 Å². The van der Waals surface area contributed by atoms with Gasteiger partial charge in [-0.25, -0.2) is 0 Å². The fraction of sp³-hybridized carbons (Fsp3) is 0.583. The van der Waals surface area contributed by atoms with Gasteiger partial charge < -0.3 is 10.6 Å². The molecule has 0 radical (unpaired) electrons. The number of likely N-dealkylation sites (tertiary alicyclic amines) is 1. The van der Waals surface area contributed by atoms with E-state index < -0.39 is 0 Å². The maximum atomic E-state index is 12.0. The predicted octanol–water partition coefficient (Wildman–Crippen LogP) is 2.15. The largest absolute Gasteiger partial charge is 0.336 e. The van der Waals surface area contributed by atoms with E-state index in [0.717, 1.165) is 25.8 Å². The number of nitrogens with zero attached hydrogens (tertiary/aromatic N) is 1. The summed E-state index contributed by atoms with van der Waals surface area (Å²) in [5, 5.41) is 4.23. The molecule has 3 nitrogen and oxygen atoms in total. The van der Waals surface area contributed by atoms with Gasteiger partial charge in [0, 0.05) is 13.0 Å². The van der Waals surface area contributed by atoms with Crippen molar-refractivity contribution in [2.45, 2.75) is 31.7 Å². The average molecular weight is 238 g/mol. The molecule has 2 rings (SSSR count). The summed E-state index contributed by atoms with van der Waals surface area (Å²) < 4.78 is 0. The lowest BCUT2D eigenvalue weighted by Crippen LogP contribution is -2.30. The lowest BCUT2D eigenvalue weighted by molar-refractivity contribution is -0.132. The molecule has 2 heterocycles. The summed E-state index contributed by atoms with van der Waals surface area (Å²) in [5.74, 6) is 0.263. The second-order valence-corrected chi connectivity index (χ2v) is 4.97. The number of nitrogens with two attached hydrogens (primary N) is 1. The quantitative estimate of drug-likeness (QED) is 0.873. The van der Waals surface area contributed by atoms with Crippen molar-refractivity contribution in [3.05, 3.63) is 22.4 Å². The van der Waals surface area contributed by atoms with Gasteiger partial charge in [-0.2, -0.15) is 11.3 Å². The standard InChI is InChI=1S/C12H18N2OS/c13-6-1-4-12(15)14-7-2-3-11(14)10-5-8-16-9-10/h5,8-9,11H,1-4,6-7,13H2. The molecule has 1 saturated heterocycles. The van der Waals surface area contributed by atoms with Crippen molar-refractivity contribution in [3.8, 4) is 0 Å². The number of carbonyl (C=O) groups excluding carboxylic acids is 1. The SMILES string of the molecule is NCCCC(=O)N1CCCC1c1ccsc1. The van der Waals surface area contributed by atoms with Crippen LogP contribution in [0.2, 0.25) is 0 Å². The maximum Gasteiger partial charge on any atom is 0.223 e. The zero-order chi connectivity index (χ0) is 11.4. The van der Waals surface area contributed by atoms with Crippen LogP contribution in [-0.2, 0) is 4.79 Å². The monoisotopic (exact) mass is 238 g/mol. The van der Waals surface area contributed by atoms with Crippen LogP contribution in [0.5, 0.6) is 0 Å². The number of amides is 1. The van der Waals surface area contributed by atoms with Crippen molar-refractivity contribution in [2.75, 3.05) is 13.1 Å². The molecule has 0 spiro atoms. The number of hydrogen-bond acceptors (Lipinski definition) is 3. The fourth-order valence-electron chi connectivity index (χ4n) is 2.27. The summed E-state index contributed by atoms with van der Waals surface area (Å²) in [7, 11) is 0. The molecular formula is C12H18N2OS. The van der Waals surface area contributed by atoms with Gasteiger partial charge in [-0.05, 0) is 48.2 Å². The van der Waals surface area contributed by atoms with Crippen molar-refractivity contribution in [3.63, 3.8) is 0 Å².